The number of hydrogen-bond donors (Lipinski definition) is 2. The molecule has 0 spiro atoms. The second-order valence-corrected chi connectivity index (χ2v) is 10.8. The Hall–Kier alpha value is -3.73. The van der Waals surface area contributed by atoms with Gasteiger partial charge in [-0.2, -0.15) is 4.80 Å². The Balaban J connectivity index is 1.69. The third-order valence-corrected chi connectivity index (χ3v) is 7.47. The van der Waals surface area contributed by atoms with Crippen LogP contribution in [0.2, 0.25) is 0 Å². The van der Waals surface area contributed by atoms with Gasteiger partial charge in [0.1, 0.15) is 17.0 Å². The molecule has 2 aromatic heterocycles. The Labute approximate surface area is 215 Å². The molecule has 196 valence electrons. The number of rotatable bonds is 6. The number of ether oxygens (including phenoxy) is 1. The lowest BCUT2D eigenvalue weighted by Crippen LogP contribution is -2.54. The van der Waals surface area contributed by atoms with Gasteiger partial charge in [-0.15, -0.1) is 10.2 Å². The molecule has 3 N–H and O–H groups in total. The SMILES string of the molecule is COc1cc2c(cc1-c1nnn(C)n1)-c1c(CC(C)(C)O)cc(C(=O)N3CCC[C@]3(C)C(N)=O)n1CC2. The average molecular weight is 508 g/mol. The summed E-state index contributed by atoms with van der Waals surface area (Å²) in [5, 5.41) is 23.2. The maximum Gasteiger partial charge on any atom is 0.271 e. The minimum absolute atomic E-state index is 0.227. The van der Waals surface area contributed by atoms with E-state index in [1.54, 1.807) is 39.8 Å². The number of likely N-dealkylation sites (tertiary alicyclic amines) is 1. The van der Waals surface area contributed by atoms with E-state index in [1.165, 1.54) is 4.80 Å². The maximum atomic E-state index is 13.9. The minimum Gasteiger partial charge on any atom is -0.496 e. The van der Waals surface area contributed by atoms with E-state index in [-0.39, 0.29) is 5.91 Å². The van der Waals surface area contributed by atoms with Crippen molar-refractivity contribution < 1.29 is 19.4 Å². The number of nitrogens with two attached hydrogens (primary N) is 1. The van der Waals surface area contributed by atoms with Crippen LogP contribution < -0.4 is 10.5 Å². The van der Waals surface area contributed by atoms with E-state index >= 15 is 0 Å². The van der Waals surface area contributed by atoms with Gasteiger partial charge in [-0.05, 0) is 74.6 Å². The summed E-state index contributed by atoms with van der Waals surface area (Å²) in [6, 6.07) is 5.81. The smallest absolute Gasteiger partial charge is 0.271 e. The van der Waals surface area contributed by atoms with Crippen LogP contribution >= 0.6 is 0 Å². The molecule has 0 radical (unpaired) electrons. The fourth-order valence-electron chi connectivity index (χ4n) is 5.63. The molecule has 37 heavy (non-hydrogen) atoms. The Kier molecular flexibility index (Phi) is 5.86. The lowest BCUT2D eigenvalue weighted by atomic mass is 9.90. The van der Waals surface area contributed by atoms with E-state index < -0.39 is 17.0 Å². The number of carbonyl (C=O) groups is 2. The number of benzene rings is 1. The maximum absolute atomic E-state index is 13.9. The number of methoxy groups -OCH3 is 1. The first-order valence-corrected chi connectivity index (χ1v) is 12.5. The number of carbonyl (C=O) groups excluding carboxylic acids is 2. The van der Waals surface area contributed by atoms with Crippen LogP contribution in [-0.4, -0.2) is 71.4 Å². The van der Waals surface area contributed by atoms with E-state index in [4.69, 9.17) is 10.5 Å². The number of tetrazole rings is 1. The molecule has 5 rings (SSSR count). The molecular formula is C26H33N7O4. The van der Waals surface area contributed by atoms with Gasteiger partial charge in [-0.3, -0.25) is 9.59 Å². The lowest BCUT2D eigenvalue weighted by Gasteiger charge is -2.33. The van der Waals surface area contributed by atoms with Gasteiger partial charge in [-0.1, -0.05) is 0 Å². The topological polar surface area (TPSA) is 141 Å². The zero-order valence-corrected chi connectivity index (χ0v) is 21.9. The second-order valence-electron chi connectivity index (χ2n) is 10.8. The van der Waals surface area contributed by atoms with Gasteiger partial charge in [0.2, 0.25) is 11.7 Å². The summed E-state index contributed by atoms with van der Waals surface area (Å²) < 4.78 is 7.67. The van der Waals surface area contributed by atoms with Gasteiger partial charge in [0.25, 0.3) is 5.91 Å². The van der Waals surface area contributed by atoms with Crippen LogP contribution in [0.3, 0.4) is 0 Å². The standard InChI is InChI=1S/C26H33N7O4/c1-25(2,36)14-16-11-19(23(34)33-9-6-8-26(33,3)24(27)35)32-10-7-15-12-20(37-5)18(13-17(15)21(16)32)22-28-30-31(4)29-22/h11-13,36H,6-10,14H2,1-5H3,(H2,27,35)/t26-/m1/s1. The number of hydrogen-bond acceptors (Lipinski definition) is 7. The summed E-state index contributed by atoms with van der Waals surface area (Å²) in [5.41, 5.74) is 8.57. The van der Waals surface area contributed by atoms with Crippen LogP contribution in [0.5, 0.6) is 5.75 Å². The Morgan fingerprint density at radius 2 is 1.97 bits per heavy atom. The van der Waals surface area contributed by atoms with Crippen LogP contribution in [0.1, 0.15) is 55.2 Å². The highest BCUT2D eigenvalue weighted by Crippen LogP contribution is 2.42. The largest absolute Gasteiger partial charge is 0.496 e. The van der Waals surface area contributed by atoms with E-state index in [0.717, 1.165) is 22.4 Å². The molecular weight excluding hydrogens is 474 g/mol. The van der Waals surface area contributed by atoms with E-state index in [1.807, 2.05) is 22.8 Å². The monoisotopic (exact) mass is 507 g/mol. The molecule has 0 bridgehead atoms. The predicted molar refractivity (Wildman–Crippen MR) is 136 cm³/mol. The Morgan fingerprint density at radius 3 is 2.59 bits per heavy atom. The van der Waals surface area contributed by atoms with Crippen molar-refractivity contribution >= 4 is 11.8 Å². The number of fused-ring (bicyclic) bond motifs is 3. The van der Waals surface area contributed by atoms with Crippen molar-refractivity contribution in [1.82, 2.24) is 29.7 Å². The summed E-state index contributed by atoms with van der Waals surface area (Å²) >= 11 is 0. The predicted octanol–water partition coefficient (Wildman–Crippen LogP) is 1.70. The van der Waals surface area contributed by atoms with Crippen LogP contribution in [0.15, 0.2) is 18.2 Å². The van der Waals surface area contributed by atoms with Crippen molar-refractivity contribution in [3.05, 3.63) is 35.0 Å². The van der Waals surface area contributed by atoms with Gasteiger partial charge in [0.15, 0.2) is 0 Å². The van der Waals surface area contributed by atoms with Gasteiger partial charge in [0.05, 0.1) is 31.0 Å². The van der Waals surface area contributed by atoms with Crippen LogP contribution in [0.25, 0.3) is 22.6 Å². The molecule has 1 saturated heterocycles. The van der Waals surface area contributed by atoms with E-state index in [0.29, 0.717) is 61.6 Å². The molecule has 0 aliphatic carbocycles. The van der Waals surface area contributed by atoms with Crippen LogP contribution in [0, 0.1) is 0 Å². The van der Waals surface area contributed by atoms with Crippen molar-refractivity contribution in [3.63, 3.8) is 0 Å². The fourth-order valence-corrected chi connectivity index (χ4v) is 5.63. The first-order chi connectivity index (χ1) is 17.4. The van der Waals surface area contributed by atoms with Gasteiger partial charge in [-0.25, -0.2) is 0 Å². The molecule has 1 atom stereocenters. The molecule has 11 heteroatoms. The number of nitrogens with zero attached hydrogens (tertiary/aromatic N) is 6. The van der Waals surface area contributed by atoms with Crippen molar-refractivity contribution in [1.29, 1.82) is 0 Å². The first-order valence-electron chi connectivity index (χ1n) is 12.5. The number of aromatic nitrogens is 5. The highest BCUT2D eigenvalue weighted by Gasteiger charge is 2.45. The molecule has 1 fully saturated rings. The average Bonchev–Trinajstić information content (AvgIpc) is 3.54. The third kappa shape index (κ3) is 4.16. The van der Waals surface area contributed by atoms with E-state index in [2.05, 4.69) is 15.4 Å². The van der Waals surface area contributed by atoms with Crippen LogP contribution in [0.4, 0.5) is 0 Å². The van der Waals surface area contributed by atoms with E-state index in [9.17, 15) is 14.7 Å². The van der Waals surface area contributed by atoms with Crippen molar-refractivity contribution in [3.8, 4) is 28.4 Å². The second kappa shape index (κ2) is 8.69. The minimum atomic E-state index is -1.02. The molecule has 11 nitrogen and oxygen atoms in total. The molecule has 2 aliphatic rings. The highest BCUT2D eigenvalue weighted by atomic mass is 16.5. The normalized spacial score (nSPS) is 19.0. The summed E-state index contributed by atoms with van der Waals surface area (Å²) in [4.78, 5) is 29.2. The number of aryl methyl sites for hydroxylation is 2. The molecule has 0 unspecified atom stereocenters. The highest BCUT2D eigenvalue weighted by molar-refractivity contribution is 5.99. The lowest BCUT2D eigenvalue weighted by molar-refractivity contribution is -0.126. The summed E-state index contributed by atoms with van der Waals surface area (Å²) in [7, 11) is 3.31. The summed E-state index contributed by atoms with van der Waals surface area (Å²) in [5.74, 6) is 0.343. The fraction of sp³-hybridized carbons (Fsp3) is 0.500. The zero-order chi connectivity index (χ0) is 26.7. The number of aliphatic hydroxyl groups is 1. The molecule has 0 saturated carbocycles. The zero-order valence-electron chi connectivity index (χ0n) is 21.9. The van der Waals surface area contributed by atoms with Gasteiger partial charge < -0.3 is 25.0 Å². The molecule has 2 amide bonds. The third-order valence-electron chi connectivity index (χ3n) is 7.47. The van der Waals surface area contributed by atoms with Crippen LogP contribution in [-0.2, 0) is 31.2 Å². The van der Waals surface area contributed by atoms with Gasteiger partial charge in [0, 0.05) is 25.1 Å². The number of primary amides is 1. The number of amides is 2. The first kappa shape index (κ1) is 24.9. The summed E-state index contributed by atoms with van der Waals surface area (Å²) in [6.07, 6.45) is 2.27. The molecule has 4 heterocycles. The quantitative estimate of drug-likeness (QED) is 0.517. The van der Waals surface area contributed by atoms with Crippen molar-refractivity contribution in [2.24, 2.45) is 12.8 Å². The van der Waals surface area contributed by atoms with Crippen molar-refractivity contribution in [2.45, 2.75) is 64.1 Å². The Morgan fingerprint density at radius 1 is 1.22 bits per heavy atom. The summed E-state index contributed by atoms with van der Waals surface area (Å²) in [6.45, 7) is 6.27. The van der Waals surface area contributed by atoms with Gasteiger partial charge >= 0.3 is 0 Å². The molecule has 2 aliphatic heterocycles. The Bertz CT molecular complexity index is 1400. The molecule has 3 aromatic rings. The van der Waals surface area contributed by atoms with Crippen molar-refractivity contribution in [2.75, 3.05) is 13.7 Å². The molecule has 1 aromatic carbocycles.